The third-order valence-electron chi connectivity index (χ3n) is 4.56. The molecule has 0 amide bonds. The Bertz CT molecular complexity index is 823. The Balaban J connectivity index is 1.47. The first-order valence-electron chi connectivity index (χ1n) is 7.86. The van der Waals surface area contributed by atoms with Crippen molar-refractivity contribution in [2.45, 2.75) is 25.7 Å². The van der Waals surface area contributed by atoms with Crippen LogP contribution < -0.4 is 4.74 Å². The molecule has 1 N–H and O–H groups in total. The fraction of sp³-hybridized carbons (Fsp3) is 0.263. The van der Waals surface area contributed by atoms with Crippen molar-refractivity contribution in [1.82, 2.24) is 4.98 Å². The molecule has 0 atom stereocenters. The molecule has 2 aliphatic rings. The van der Waals surface area contributed by atoms with E-state index < -0.39 is 5.97 Å². The van der Waals surface area contributed by atoms with Crippen LogP contribution in [0.2, 0.25) is 0 Å². The van der Waals surface area contributed by atoms with Gasteiger partial charge in [-0.3, -0.25) is 4.98 Å². The number of rotatable bonds is 4. The zero-order chi connectivity index (χ0) is 15.8. The lowest BCUT2D eigenvalue weighted by Gasteiger charge is -2.09. The van der Waals surface area contributed by atoms with Gasteiger partial charge in [0.15, 0.2) is 0 Å². The summed E-state index contributed by atoms with van der Waals surface area (Å²) in [7, 11) is 0. The van der Waals surface area contributed by atoms with Gasteiger partial charge in [-0.05, 0) is 65.8 Å². The van der Waals surface area contributed by atoms with Crippen LogP contribution in [0.15, 0.2) is 36.0 Å². The molecule has 1 aromatic heterocycles. The molecule has 0 aliphatic heterocycles. The molecule has 2 aromatic rings. The summed E-state index contributed by atoms with van der Waals surface area (Å²) in [6.07, 6.45) is 7.60. The van der Waals surface area contributed by atoms with Crippen LogP contribution in [-0.4, -0.2) is 22.7 Å². The first kappa shape index (κ1) is 14.0. The number of carbonyl (C=O) groups is 1. The fourth-order valence-electron chi connectivity index (χ4n) is 3.40. The van der Waals surface area contributed by atoms with Crippen molar-refractivity contribution in [3.8, 4) is 5.75 Å². The van der Waals surface area contributed by atoms with E-state index in [1.54, 1.807) is 12.3 Å². The van der Waals surface area contributed by atoms with Gasteiger partial charge in [-0.15, -0.1) is 0 Å². The van der Waals surface area contributed by atoms with Crippen LogP contribution in [0.25, 0.3) is 6.08 Å². The molecule has 23 heavy (non-hydrogen) atoms. The summed E-state index contributed by atoms with van der Waals surface area (Å²) >= 11 is 0. The number of hydrogen-bond acceptors (Lipinski definition) is 3. The van der Waals surface area contributed by atoms with Crippen molar-refractivity contribution in [1.29, 1.82) is 0 Å². The highest BCUT2D eigenvalue weighted by atomic mass is 16.5. The normalized spacial score (nSPS) is 15.0. The number of aryl methyl sites for hydroxylation is 2. The highest BCUT2D eigenvalue weighted by Crippen LogP contribution is 2.29. The maximum Gasteiger partial charge on any atom is 0.336 e. The van der Waals surface area contributed by atoms with Gasteiger partial charge in [0, 0.05) is 12.6 Å². The summed E-state index contributed by atoms with van der Waals surface area (Å²) in [6.45, 7) is 0.466. The average Bonchev–Trinajstić information content (AvgIpc) is 3.17. The van der Waals surface area contributed by atoms with Crippen LogP contribution in [0.4, 0.5) is 0 Å². The molecule has 0 spiro atoms. The Kier molecular flexibility index (Phi) is 3.37. The number of hydrogen-bond donors (Lipinski definition) is 1. The number of fused-ring (bicyclic) bond motifs is 2. The highest BCUT2D eigenvalue weighted by molar-refractivity contribution is 5.91. The molecule has 4 heteroatoms. The van der Waals surface area contributed by atoms with Crippen LogP contribution >= 0.6 is 0 Å². The first-order valence-corrected chi connectivity index (χ1v) is 7.86. The largest absolute Gasteiger partial charge is 0.489 e. The van der Waals surface area contributed by atoms with Crippen LogP contribution in [0, 0.1) is 0 Å². The average molecular weight is 307 g/mol. The quantitative estimate of drug-likeness (QED) is 0.941. The minimum absolute atomic E-state index is 0.332. The van der Waals surface area contributed by atoms with Gasteiger partial charge in [0.25, 0.3) is 0 Å². The van der Waals surface area contributed by atoms with Crippen molar-refractivity contribution >= 4 is 12.0 Å². The molecule has 1 aromatic carbocycles. The second-order valence-electron chi connectivity index (χ2n) is 6.08. The standard InChI is InChI=1S/C19H17NO3/c21-19(22)16-6-7-20-18-9-12(8-17(16)18)11-23-15-5-4-13-2-1-3-14(13)10-15/h4-7,9-10H,1-3,8,11H2,(H,21,22). The molecule has 0 radical (unpaired) electrons. The molecule has 0 saturated carbocycles. The number of carboxylic acids is 1. The monoisotopic (exact) mass is 307 g/mol. The van der Waals surface area contributed by atoms with E-state index >= 15 is 0 Å². The van der Waals surface area contributed by atoms with Gasteiger partial charge in [0.2, 0.25) is 0 Å². The summed E-state index contributed by atoms with van der Waals surface area (Å²) in [5, 5.41) is 9.25. The number of aromatic carboxylic acids is 1. The van der Waals surface area contributed by atoms with Crippen LogP contribution in [0.3, 0.4) is 0 Å². The third kappa shape index (κ3) is 2.61. The predicted molar refractivity (Wildman–Crippen MR) is 86.8 cm³/mol. The van der Waals surface area contributed by atoms with Crippen molar-refractivity contribution in [3.63, 3.8) is 0 Å². The maximum absolute atomic E-state index is 11.3. The lowest BCUT2D eigenvalue weighted by atomic mass is 10.1. The topological polar surface area (TPSA) is 59.4 Å². The van der Waals surface area contributed by atoms with E-state index in [0.29, 0.717) is 18.6 Å². The number of benzene rings is 1. The van der Waals surface area contributed by atoms with Crippen molar-refractivity contribution in [2.24, 2.45) is 0 Å². The van der Waals surface area contributed by atoms with Crippen LogP contribution in [-0.2, 0) is 19.3 Å². The van der Waals surface area contributed by atoms with Gasteiger partial charge in [-0.25, -0.2) is 4.79 Å². The van der Waals surface area contributed by atoms with Crippen LogP contribution in [0.1, 0.15) is 39.2 Å². The molecule has 1 heterocycles. The second-order valence-corrected chi connectivity index (χ2v) is 6.08. The molecular formula is C19H17NO3. The number of ether oxygens (including phenoxy) is 1. The highest BCUT2D eigenvalue weighted by Gasteiger charge is 2.21. The number of aromatic nitrogens is 1. The molecular weight excluding hydrogens is 290 g/mol. The number of nitrogens with zero attached hydrogens (tertiary/aromatic N) is 1. The first-order chi connectivity index (χ1) is 11.2. The van der Waals surface area contributed by atoms with E-state index in [0.717, 1.165) is 29.0 Å². The Labute approximate surface area is 134 Å². The molecule has 0 unspecified atom stereocenters. The van der Waals surface area contributed by atoms with E-state index in [1.165, 1.54) is 24.0 Å². The summed E-state index contributed by atoms with van der Waals surface area (Å²) in [4.78, 5) is 15.5. The Morgan fingerprint density at radius 1 is 1.22 bits per heavy atom. The van der Waals surface area contributed by atoms with Crippen molar-refractivity contribution in [2.75, 3.05) is 6.61 Å². The van der Waals surface area contributed by atoms with Gasteiger partial charge in [0.05, 0.1) is 11.3 Å². The van der Waals surface area contributed by atoms with E-state index in [2.05, 4.69) is 17.1 Å². The summed E-state index contributed by atoms with van der Waals surface area (Å²) in [6, 6.07) is 7.86. The zero-order valence-electron chi connectivity index (χ0n) is 12.7. The molecule has 4 rings (SSSR count). The zero-order valence-corrected chi connectivity index (χ0v) is 12.7. The van der Waals surface area contributed by atoms with E-state index in [9.17, 15) is 9.90 Å². The van der Waals surface area contributed by atoms with Crippen LogP contribution in [0.5, 0.6) is 5.75 Å². The Hall–Kier alpha value is -2.62. The number of carboxylic acid groups (broad SMARTS) is 1. The molecule has 0 saturated heterocycles. The van der Waals surface area contributed by atoms with E-state index in [4.69, 9.17) is 4.74 Å². The Morgan fingerprint density at radius 3 is 2.96 bits per heavy atom. The second kappa shape index (κ2) is 5.54. The molecule has 2 aliphatic carbocycles. The third-order valence-corrected chi connectivity index (χ3v) is 4.56. The number of pyridine rings is 1. The lowest BCUT2D eigenvalue weighted by molar-refractivity contribution is 0.0695. The molecule has 4 nitrogen and oxygen atoms in total. The maximum atomic E-state index is 11.3. The predicted octanol–water partition coefficient (Wildman–Crippen LogP) is 3.29. The summed E-state index contributed by atoms with van der Waals surface area (Å²) < 4.78 is 5.90. The molecule has 116 valence electrons. The fourth-order valence-corrected chi connectivity index (χ4v) is 3.40. The minimum Gasteiger partial charge on any atom is -0.489 e. The summed E-state index contributed by atoms with van der Waals surface area (Å²) in [5.74, 6) is -0.0215. The molecule has 0 bridgehead atoms. The van der Waals surface area contributed by atoms with Gasteiger partial charge in [-0.2, -0.15) is 0 Å². The van der Waals surface area contributed by atoms with E-state index in [1.807, 2.05) is 12.1 Å². The van der Waals surface area contributed by atoms with E-state index in [-0.39, 0.29) is 0 Å². The lowest BCUT2D eigenvalue weighted by Crippen LogP contribution is -2.05. The van der Waals surface area contributed by atoms with Crippen molar-refractivity contribution in [3.05, 3.63) is 64.0 Å². The minimum atomic E-state index is -0.905. The van der Waals surface area contributed by atoms with Gasteiger partial charge in [0.1, 0.15) is 12.4 Å². The van der Waals surface area contributed by atoms with Gasteiger partial charge in [-0.1, -0.05) is 6.07 Å². The van der Waals surface area contributed by atoms with Gasteiger partial charge < -0.3 is 9.84 Å². The molecule has 0 fully saturated rings. The smallest absolute Gasteiger partial charge is 0.336 e. The SMILES string of the molecule is O=C(O)c1ccnc2c1CC(COc1ccc3c(c1)CCC3)=C2. The summed E-state index contributed by atoms with van der Waals surface area (Å²) in [5.41, 5.74) is 5.74. The Morgan fingerprint density at radius 2 is 2.09 bits per heavy atom. The van der Waals surface area contributed by atoms with Gasteiger partial charge >= 0.3 is 5.97 Å². The van der Waals surface area contributed by atoms with Crippen molar-refractivity contribution < 1.29 is 14.6 Å².